The van der Waals surface area contributed by atoms with Crippen LogP contribution in [0.4, 0.5) is 5.82 Å². The predicted molar refractivity (Wildman–Crippen MR) is 121 cm³/mol. The first-order valence-electron chi connectivity index (χ1n) is 10.2. The molecule has 152 valence electrons. The number of fused-ring (bicyclic) bond motifs is 3. The lowest BCUT2D eigenvalue weighted by molar-refractivity contribution is 0.184. The van der Waals surface area contributed by atoms with Crippen LogP contribution in [0.25, 0.3) is 10.2 Å². The summed E-state index contributed by atoms with van der Waals surface area (Å²) in [7, 11) is 1.67. The van der Waals surface area contributed by atoms with Gasteiger partial charge in [0.25, 0.3) is 0 Å². The van der Waals surface area contributed by atoms with Crippen molar-refractivity contribution in [3.8, 4) is 5.75 Å². The van der Waals surface area contributed by atoms with Crippen LogP contribution in [-0.2, 0) is 12.8 Å². The Balaban J connectivity index is 1.65. The number of hydrazone groups is 1. The Kier molecular flexibility index (Phi) is 5.54. The molecule has 0 bridgehead atoms. The smallest absolute Gasteiger partial charge is 0.158 e. The van der Waals surface area contributed by atoms with Gasteiger partial charge in [0.1, 0.15) is 16.9 Å². The van der Waals surface area contributed by atoms with E-state index in [9.17, 15) is 0 Å². The van der Waals surface area contributed by atoms with Crippen molar-refractivity contribution in [1.82, 2.24) is 9.97 Å². The third-order valence-corrected chi connectivity index (χ3v) is 7.57. The molecule has 0 radical (unpaired) electrons. The monoisotopic (exact) mass is 408 g/mol. The van der Waals surface area contributed by atoms with Gasteiger partial charge >= 0.3 is 0 Å². The molecule has 3 aromatic rings. The number of aromatic nitrogens is 2. The lowest BCUT2D eigenvalue weighted by Crippen LogP contribution is -2.28. The van der Waals surface area contributed by atoms with E-state index in [1.807, 2.05) is 35.6 Å². The average Bonchev–Trinajstić information content (AvgIpc) is 3.12. The Hall–Kier alpha value is -2.47. The molecule has 0 unspecified atom stereocenters. The normalized spacial score (nSPS) is 16.9. The quantitative estimate of drug-likeness (QED) is 0.421. The van der Waals surface area contributed by atoms with Gasteiger partial charge in [0.15, 0.2) is 5.82 Å². The number of nitrogens with zero attached hydrogens (tertiary/aromatic N) is 3. The molecule has 1 N–H and O–H groups in total. The fourth-order valence-electron chi connectivity index (χ4n) is 4.08. The van der Waals surface area contributed by atoms with Gasteiger partial charge < -0.3 is 4.74 Å². The van der Waals surface area contributed by atoms with E-state index in [0.717, 1.165) is 40.2 Å². The number of nitrogens with one attached hydrogen (secondary N) is 1. The van der Waals surface area contributed by atoms with Crippen molar-refractivity contribution in [2.75, 3.05) is 12.5 Å². The molecule has 1 aliphatic rings. The summed E-state index contributed by atoms with van der Waals surface area (Å²) >= 11 is 1.81. The van der Waals surface area contributed by atoms with Gasteiger partial charge in [0.2, 0.25) is 0 Å². The Morgan fingerprint density at radius 2 is 2.14 bits per heavy atom. The van der Waals surface area contributed by atoms with Crippen molar-refractivity contribution in [2.45, 2.75) is 46.5 Å². The van der Waals surface area contributed by atoms with Gasteiger partial charge in [-0.3, -0.25) is 5.43 Å². The first kappa shape index (κ1) is 19.8. The van der Waals surface area contributed by atoms with E-state index in [2.05, 4.69) is 41.3 Å². The number of para-hydroxylation sites is 1. The van der Waals surface area contributed by atoms with Crippen LogP contribution in [0.1, 0.15) is 49.6 Å². The first-order valence-corrected chi connectivity index (χ1v) is 11.0. The van der Waals surface area contributed by atoms with Crippen molar-refractivity contribution in [2.24, 2.45) is 16.4 Å². The third kappa shape index (κ3) is 3.86. The summed E-state index contributed by atoms with van der Waals surface area (Å²) in [4.78, 5) is 11.6. The van der Waals surface area contributed by atoms with Crippen molar-refractivity contribution in [3.05, 3.63) is 46.6 Å². The van der Waals surface area contributed by atoms with Gasteiger partial charge in [-0.15, -0.1) is 11.3 Å². The van der Waals surface area contributed by atoms with E-state index in [1.54, 1.807) is 19.7 Å². The predicted octanol–water partition coefficient (Wildman–Crippen LogP) is 5.69. The first-order chi connectivity index (χ1) is 14.0. The maximum Gasteiger partial charge on any atom is 0.158 e. The van der Waals surface area contributed by atoms with E-state index >= 15 is 0 Å². The Bertz CT molecular complexity index is 1040. The van der Waals surface area contributed by atoms with E-state index in [1.165, 1.54) is 23.3 Å². The minimum absolute atomic E-state index is 0.344. The summed E-state index contributed by atoms with van der Waals surface area (Å²) in [6.07, 6.45) is 8.07. The van der Waals surface area contributed by atoms with Crippen LogP contribution in [0.2, 0.25) is 0 Å². The van der Waals surface area contributed by atoms with Crippen LogP contribution in [0.3, 0.4) is 0 Å². The number of rotatable bonds is 6. The number of anilines is 1. The number of aryl methyl sites for hydroxylation is 1. The molecule has 0 saturated heterocycles. The highest BCUT2D eigenvalue weighted by molar-refractivity contribution is 7.19. The fourth-order valence-corrected chi connectivity index (χ4v) is 5.27. The van der Waals surface area contributed by atoms with Crippen molar-refractivity contribution >= 4 is 33.6 Å². The lowest BCUT2D eigenvalue weighted by atomic mass is 9.69. The molecule has 1 atom stereocenters. The molecule has 1 aliphatic carbocycles. The topological polar surface area (TPSA) is 59.4 Å². The molecule has 2 heterocycles. The lowest BCUT2D eigenvalue weighted by Gasteiger charge is -2.36. The molecule has 0 saturated carbocycles. The minimum Gasteiger partial charge on any atom is -0.496 e. The summed E-state index contributed by atoms with van der Waals surface area (Å²) in [5.74, 6) is 2.26. The van der Waals surface area contributed by atoms with Crippen molar-refractivity contribution in [3.63, 3.8) is 0 Å². The van der Waals surface area contributed by atoms with E-state index < -0.39 is 0 Å². The molecule has 6 heteroatoms. The van der Waals surface area contributed by atoms with Crippen LogP contribution < -0.4 is 10.2 Å². The van der Waals surface area contributed by atoms with Gasteiger partial charge in [-0.05, 0) is 48.3 Å². The number of benzene rings is 1. The Morgan fingerprint density at radius 3 is 2.93 bits per heavy atom. The van der Waals surface area contributed by atoms with E-state index in [0.29, 0.717) is 11.3 Å². The molecule has 0 aliphatic heterocycles. The molecule has 4 rings (SSSR count). The largest absolute Gasteiger partial charge is 0.496 e. The molecule has 2 aromatic heterocycles. The summed E-state index contributed by atoms with van der Waals surface area (Å²) in [5, 5.41) is 5.58. The second kappa shape index (κ2) is 8.11. The van der Waals surface area contributed by atoms with Gasteiger partial charge in [-0.25, -0.2) is 9.97 Å². The average molecular weight is 409 g/mol. The van der Waals surface area contributed by atoms with Crippen molar-refractivity contribution in [1.29, 1.82) is 0 Å². The SMILES string of the molecule is CCC(C)(C)[C@@H]1CCc2sc3ncnc(N/N=C\c4ccccc4OC)c3c2C1. The Morgan fingerprint density at radius 1 is 1.31 bits per heavy atom. The van der Waals surface area contributed by atoms with Gasteiger partial charge in [-0.2, -0.15) is 5.10 Å². The third-order valence-electron chi connectivity index (χ3n) is 6.37. The highest BCUT2D eigenvalue weighted by atomic mass is 32.1. The maximum atomic E-state index is 5.39. The van der Waals surface area contributed by atoms with Crippen LogP contribution in [-0.4, -0.2) is 23.3 Å². The molecule has 1 aromatic carbocycles. The molecular weight excluding hydrogens is 380 g/mol. The zero-order valence-electron chi connectivity index (χ0n) is 17.5. The van der Waals surface area contributed by atoms with E-state index in [-0.39, 0.29) is 0 Å². The molecule has 0 spiro atoms. The zero-order chi connectivity index (χ0) is 20.4. The second-order valence-corrected chi connectivity index (χ2v) is 9.38. The van der Waals surface area contributed by atoms with Gasteiger partial charge in [0, 0.05) is 10.4 Å². The highest BCUT2D eigenvalue weighted by Gasteiger charge is 2.33. The minimum atomic E-state index is 0.344. The highest BCUT2D eigenvalue weighted by Crippen LogP contribution is 2.45. The van der Waals surface area contributed by atoms with Crippen molar-refractivity contribution < 1.29 is 4.74 Å². The molecular formula is C23H28N4OS. The summed E-state index contributed by atoms with van der Waals surface area (Å²) in [5.41, 5.74) is 5.84. The number of ether oxygens (including phenoxy) is 1. The van der Waals surface area contributed by atoms with E-state index in [4.69, 9.17) is 4.74 Å². The standard InChI is InChI=1S/C23H28N4OS/c1-5-23(2,3)16-10-11-19-17(12-16)20-21(24-14-25-22(20)29-19)27-26-13-15-8-6-7-9-18(15)28-4/h6-9,13-14,16H,5,10-12H2,1-4H3,(H,24,25,27)/b26-13-/t16-/m1/s1. The summed E-state index contributed by atoms with van der Waals surface area (Å²) in [6.45, 7) is 7.08. The molecule has 0 amide bonds. The Labute approximate surface area is 176 Å². The van der Waals surface area contributed by atoms with Gasteiger partial charge in [0.05, 0.1) is 18.7 Å². The fraction of sp³-hybridized carbons (Fsp3) is 0.435. The number of methoxy groups -OCH3 is 1. The molecule has 29 heavy (non-hydrogen) atoms. The summed E-state index contributed by atoms with van der Waals surface area (Å²) < 4.78 is 5.39. The van der Waals surface area contributed by atoms with Crippen LogP contribution >= 0.6 is 11.3 Å². The number of hydrogen-bond acceptors (Lipinski definition) is 6. The second-order valence-electron chi connectivity index (χ2n) is 8.30. The number of hydrogen-bond donors (Lipinski definition) is 1. The van der Waals surface area contributed by atoms with Gasteiger partial charge in [-0.1, -0.05) is 39.3 Å². The molecule has 5 nitrogen and oxygen atoms in total. The maximum absolute atomic E-state index is 5.39. The van der Waals surface area contributed by atoms with Crippen LogP contribution in [0, 0.1) is 11.3 Å². The summed E-state index contributed by atoms with van der Waals surface area (Å²) in [6, 6.07) is 7.82. The number of thiophene rings is 1. The van der Waals surface area contributed by atoms with Crippen LogP contribution in [0.15, 0.2) is 35.7 Å². The zero-order valence-corrected chi connectivity index (χ0v) is 18.3. The molecule has 0 fully saturated rings. The van der Waals surface area contributed by atoms with Crippen LogP contribution in [0.5, 0.6) is 5.75 Å².